The van der Waals surface area contributed by atoms with Crippen molar-refractivity contribution in [1.82, 2.24) is 4.98 Å². The van der Waals surface area contributed by atoms with E-state index >= 15 is 4.39 Å². The molecule has 2 atom stereocenters. The summed E-state index contributed by atoms with van der Waals surface area (Å²) in [7, 11) is 0. The van der Waals surface area contributed by atoms with E-state index in [1.165, 1.54) is 0 Å². The van der Waals surface area contributed by atoms with Crippen molar-refractivity contribution in [2.24, 2.45) is 5.73 Å². The number of halogens is 1. The molecule has 0 fully saturated rings. The summed E-state index contributed by atoms with van der Waals surface area (Å²) in [5, 5.41) is 0. The number of benzene rings is 1. The third-order valence-electron chi connectivity index (χ3n) is 4.06. The van der Waals surface area contributed by atoms with Crippen molar-refractivity contribution in [3.8, 4) is 0 Å². The SMILES string of the molecule is NCC(F)(c1ccccc1)C1CCc2cccnc21. The second-order valence-electron chi connectivity index (χ2n) is 5.07. The van der Waals surface area contributed by atoms with E-state index in [-0.39, 0.29) is 12.5 Å². The topological polar surface area (TPSA) is 38.9 Å². The van der Waals surface area contributed by atoms with Gasteiger partial charge in [-0.1, -0.05) is 36.4 Å². The summed E-state index contributed by atoms with van der Waals surface area (Å²) < 4.78 is 15.5. The first kappa shape index (κ1) is 12.3. The summed E-state index contributed by atoms with van der Waals surface area (Å²) in [6.07, 6.45) is 3.39. The van der Waals surface area contributed by atoms with E-state index < -0.39 is 5.67 Å². The Labute approximate surface area is 112 Å². The van der Waals surface area contributed by atoms with Gasteiger partial charge in [0, 0.05) is 18.7 Å². The number of pyridine rings is 1. The number of aromatic nitrogens is 1. The average molecular weight is 256 g/mol. The molecule has 0 radical (unpaired) electrons. The molecule has 1 aliphatic rings. The zero-order valence-electron chi connectivity index (χ0n) is 10.7. The molecule has 2 aromatic rings. The molecule has 1 aromatic heterocycles. The van der Waals surface area contributed by atoms with Crippen LogP contribution in [0.2, 0.25) is 0 Å². The lowest BCUT2D eigenvalue weighted by Crippen LogP contribution is -2.36. The summed E-state index contributed by atoms with van der Waals surface area (Å²) >= 11 is 0. The standard InChI is InChI=1S/C16H17FN2/c17-16(11-18,13-6-2-1-3-7-13)14-9-8-12-5-4-10-19-15(12)14/h1-7,10,14H,8-9,11,18H2. The van der Waals surface area contributed by atoms with Crippen molar-refractivity contribution in [3.05, 3.63) is 65.5 Å². The van der Waals surface area contributed by atoms with E-state index in [4.69, 9.17) is 5.73 Å². The Hall–Kier alpha value is -1.74. The van der Waals surface area contributed by atoms with Gasteiger partial charge >= 0.3 is 0 Å². The molecule has 0 bridgehead atoms. The molecule has 0 spiro atoms. The lowest BCUT2D eigenvalue weighted by molar-refractivity contribution is 0.130. The highest BCUT2D eigenvalue weighted by atomic mass is 19.1. The third kappa shape index (κ3) is 1.94. The Balaban J connectivity index is 2.05. The first-order valence-electron chi connectivity index (χ1n) is 6.64. The number of alkyl halides is 1. The molecule has 1 aromatic carbocycles. The molecule has 0 saturated carbocycles. The number of aryl methyl sites for hydroxylation is 1. The first-order valence-corrected chi connectivity index (χ1v) is 6.64. The van der Waals surface area contributed by atoms with Crippen molar-refractivity contribution in [2.75, 3.05) is 6.54 Å². The summed E-state index contributed by atoms with van der Waals surface area (Å²) in [6, 6.07) is 13.2. The van der Waals surface area contributed by atoms with E-state index in [0.717, 1.165) is 24.1 Å². The number of nitrogens with zero attached hydrogens (tertiary/aromatic N) is 1. The van der Waals surface area contributed by atoms with Crippen LogP contribution in [0.15, 0.2) is 48.7 Å². The number of hydrogen-bond acceptors (Lipinski definition) is 2. The number of nitrogens with two attached hydrogens (primary N) is 1. The molecule has 3 rings (SSSR count). The zero-order valence-corrected chi connectivity index (χ0v) is 10.7. The Kier molecular flexibility index (Phi) is 3.07. The van der Waals surface area contributed by atoms with Crippen molar-refractivity contribution >= 4 is 0 Å². The van der Waals surface area contributed by atoms with E-state index in [2.05, 4.69) is 4.98 Å². The van der Waals surface area contributed by atoms with Crippen LogP contribution in [-0.4, -0.2) is 11.5 Å². The van der Waals surface area contributed by atoms with Gasteiger partial charge in [0.15, 0.2) is 5.67 Å². The molecule has 0 aliphatic heterocycles. The smallest absolute Gasteiger partial charge is 0.156 e. The lowest BCUT2D eigenvalue weighted by atomic mass is 9.81. The summed E-state index contributed by atoms with van der Waals surface area (Å²) in [5.41, 5.74) is 6.93. The minimum absolute atomic E-state index is 0.0162. The minimum Gasteiger partial charge on any atom is -0.327 e. The van der Waals surface area contributed by atoms with Crippen molar-refractivity contribution < 1.29 is 4.39 Å². The molecular weight excluding hydrogens is 239 g/mol. The first-order chi connectivity index (χ1) is 9.25. The molecule has 2 nitrogen and oxygen atoms in total. The molecular formula is C16H17FN2. The Bertz CT molecular complexity index is 570. The molecule has 19 heavy (non-hydrogen) atoms. The van der Waals surface area contributed by atoms with Gasteiger partial charge in [0.1, 0.15) is 0 Å². The van der Waals surface area contributed by atoms with Crippen LogP contribution in [-0.2, 0) is 12.1 Å². The van der Waals surface area contributed by atoms with Gasteiger partial charge in [0.2, 0.25) is 0 Å². The molecule has 3 heteroatoms. The average Bonchev–Trinajstić information content (AvgIpc) is 2.92. The van der Waals surface area contributed by atoms with Gasteiger partial charge in [-0.3, -0.25) is 4.98 Å². The molecule has 0 saturated heterocycles. The van der Waals surface area contributed by atoms with Gasteiger partial charge < -0.3 is 5.73 Å². The zero-order chi connectivity index (χ0) is 13.3. The van der Waals surface area contributed by atoms with Crippen molar-refractivity contribution in [1.29, 1.82) is 0 Å². The second kappa shape index (κ2) is 4.74. The van der Waals surface area contributed by atoms with Crippen LogP contribution in [0.1, 0.15) is 29.2 Å². The maximum atomic E-state index is 15.5. The fourth-order valence-corrected chi connectivity index (χ4v) is 3.03. The van der Waals surface area contributed by atoms with Crippen LogP contribution in [0.5, 0.6) is 0 Å². The van der Waals surface area contributed by atoms with Gasteiger partial charge in [0.05, 0.1) is 5.69 Å². The van der Waals surface area contributed by atoms with Crippen LogP contribution in [0.25, 0.3) is 0 Å². The maximum Gasteiger partial charge on any atom is 0.156 e. The van der Waals surface area contributed by atoms with Gasteiger partial charge in [-0.25, -0.2) is 4.39 Å². The highest BCUT2D eigenvalue weighted by molar-refractivity contribution is 5.36. The van der Waals surface area contributed by atoms with Gasteiger partial charge in [-0.05, 0) is 30.0 Å². The van der Waals surface area contributed by atoms with E-state index in [0.29, 0.717) is 5.56 Å². The summed E-state index contributed by atoms with van der Waals surface area (Å²) in [6.45, 7) is -0.0162. The van der Waals surface area contributed by atoms with Crippen LogP contribution < -0.4 is 5.73 Å². The Morgan fingerprint density at radius 2 is 2.00 bits per heavy atom. The van der Waals surface area contributed by atoms with E-state index in [1.807, 2.05) is 42.5 Å². The van der Waals surface area contributed by atoms with Crippen molar-refractivity contribution in [2.45, 2.75) is 24.4 Å². The number of rotatable bonds is 3. The van der Waals surface area contributed by atoms with Gasteiger partial charge in [-0.15, -0.1) is 0 Å². The van der Waals surface area contributed by atoms with Crippen LogP contribution in [0.4, 0.5) is 4.39 Å². The monoisotopic (exact) mass is 256 g/mol. The van der Waals surface area contributed by atoms with Crippen LogP contribution >= 0.6 is 0 Å². The van der Waals surface area contributed by atoms with Crippen molar-refractivity contribution in [3.63, 3.8) is 0 Å². The Morgan fingerprint density at radius 3 is 2.74 bits per heavy atom. The number of hydrogen-bond donors (Lipinski definition) is 1. The predicted octanol–water partition coefficient (Wildman–Crippen LogP) is 2.94. The van der Waals surface area contributed by atoms with Gasteiger partial charge in [0.25, 0.3) is 0 Å². The largest absolute Gasteiger partial charge is 0.327 e. The highest BCUT2D eigenvalue weighted by Crippen LogP contribution is 2.46. The lowest BCUT2D eigenvalue weighted by Gasteiger charge is -2.30. The number of fused-ring (bicyclic) bond motifs is 1. The van der Waals surface area contributed by atoms with Gasteiger partial charge in [-0.2, -0.15) is 0 Å². The van der Waals surface area contributed by atoms with E-state index in [1.54, 1.807) is 6.20 Å². The third-order valence-corrected chi connectivity index (χ3v) is 4.06. The fourth-order valence-electron chi connectivity index (χ4n) is 3.03. The predicted molar refractivity (Wildman–Crippen MR) is 73.6 cm³/mol. The molecule has 98 valence electrons. The molecule has 0 amide bonds. The molecule has 1 aliphatic carbocycles. The highest BCUT2D eigenvalue weighted by Gasteiger charge is 2.44. The Morgan fingerprint density at radius 1 is 1.21 bits per heavy atom. The van der Waals surface area contributed by atoms with Crippen LogP contribution in [0, 0.1) is 0 Å². The van der Waals surface area contributed by atoms with E-state index in [9.17, 15) is 0 Å². The fraction of sp³-hybridized carbons (Fsp3) is 0.312. The molecule has 2 N–H and O–H groups in total. The molecule has 2 unspecified atom stereocenters. The van der Waals surface area contributed by atoms with Crippen LogP contribution in [0.3, 0.4) is 0 Å². The molecule has 1 heterocycles. The quantitative estimate of drug-likeness (QED) is 0.917. The normalized spacial score (nSPS) is 20.8. The minimum atomic E-state index is -1.53. The summed E-state index contributed by atoms with van der Waals surface area (Å²) in [4.78, 5) is 4.38. The summed E-state index contributed by atoms with van der Waals surface area (Å²) in [5.74, 6) is -0.240. The second-order valence-corrected chi connectivity index (χ2v) is 5.07. The maximum absolute atomic E-state index is 15.5.